The van der Waals surface area contributed by atoms with E-state index in [4.69, 9.17) is 16.3 Å². The minimum atomic E-state index is -0.716. The third-order valence-electron chi connectivity index (χ3n) is 2.93. The van der Waals surface area contributed by atoms with E-state index in [0.717, 1.165) is 23.8 Å². The zero-order valence-corrected chi connectivity index (χ0v) is 12.8. The van der Waals surface area contributed by atoms with Gasteiger partial charge in [-0.15, -0.1) is 0 Å². The lowest BCUT2D eigenvalue weighted by Gasteiger charge is -2.09. The van der Waals surface area contributed by atoms with Gasteiger partial charge in [-0.2, -0.15) is 0 Å². The van der Waals surface area contributed by atoms with Gasteiger partial charge >= 0.3 is 5.69 Å². The molecule has 0 radical (unpaired) electrons. The molecule has 0 saturated carbocycles. The Morgan fingerprint density at radius 3 is 2.74 bits per heavy atom. The summed E-state index contributed by atoms with van der Waals surface area (Å²) in [7, 11) is 0. The number of nitro groups is 1. The predicted molar refractivity (Wildman–Crippen MR) is 83.4 cm³/mol. The number of hydrogen-bond acceptors (Lipinski definition) is 4. The van der Waals surface area contributed by atoms with Crippen molar-refractivity contribution in [3.8, 4) is 5.75 Å². The summed E-state index contributed by atoms with van der Waals surface area (Å²) in [4.78, 5) is 21.9. The van der Waals surface area contributed by atoms with E-state index in [1.807, 2.05) is 6.92 Å². The zero-order valence-electron chi connectivity index (χ0n) is 12.0. The number of hydrogen-bond donors (Lipinski definition) is 1. The standard InChI is InChI=1S/C15H12ClFN2O4/c1-9-2-4-11(7-12(9)16)18-15(20)8-23-14-6-10(17)3-5-13(14)19(21)22/h2-7H,8H2,1H3,(H,18,20). The van der Waals surface area contributed by atoms with Crippen molar-refractivity contribution in [2.45, 2.75) is 6.92 Å². The van der Waals surface area contributed by atoms with Crippen LogP contribution in [0.1, 0.15) is 5.56 Å². The highest BCUT2D eigenvalue weighted by atomic mass is 35.5. The molecule has 0 unspecified atom stereocenters. The first-order valence-corrected chi connectivity index (χ1v) is 6.87. The molecule has 0 bridgehead atoms. The third kappa shape index (κ3) is 4.40. The summed E-state index contributed by atoms with van der Waals surface area (Å²) in [5, 5.41) is 13.8. The predicted octanol–water partition coefficient (Wildman–Crippen LogP) is 3.71. The lowest BCUT2D eigenvalue weighted by atomic mass is 10.2. The van der Waals surface area contributed by atoms with Gasteiger partial charge in [0.05, 0.1) is 4.92 Å². The van der Waals surface area contributed by atoms with E-state index in [2.05, 4.69) is 5.32 Å². The Hall–Kier alpha value is -2.67. The summed E-state index contributed by atoms with van der Waals surface area (Å²) in [6.07, 6.45) is 0. The molecule has 1 N–H and O–H groups in total. The van der Waals surface area contributed by atoms with Crippen molar-refractivity contribution in [1.82, 2.24) is 0 Å². The van der Waals surface area contributed by atoms with Gasteiger partial charge in [0, 0.05) is 22.8 Å². The Morgan fingerprint density at radius 1 is 1.35 bits per heavy atom. The molecule has 0 heterocycles. The average molecular weight is 339 g/mol. The summed E-state index contributed by atoms with van der Waals surface area (Å²) in [6, 6.07) is 7.73. The van der Waals surface area contributed by atoms with Crippen molar-refractivity contribution in [3.63, 3.8) is 0 Å². The van der Waals surface area contributed by atoms with E-state index in [1.165, 1.54) is 0 Å². The molecule has 120 valence electrons. The molecule has 6 nitrogen and oxygen atoms in total. The Kier molecular flexibility index (Phi) is 5.13. The first kappa shape index (κ1) is 16.7. The van der Waals surface area contributed by atoms with Crippen molar-refractivity contribution in [3.05, 3.63) is 62.9 Å². The van der Waals surface area contributed by atoms with E-state index >= 15 is 0 Å². The Morgan fingerprint density at radius 2 is 2.09 bits per heavy atom. The SMILES string of the molecule is Cc1ccc(NC(=O)COc2cc(F)ccc2[N+](=O)[O-])cc1Cl. The molecule has 2 aromatic carbocycles. The minimum absolute atomic E-state index is 0.313. The number of carbonyl (C=O) groups excluding carboxylic acids is 1. The number of halogens is 2. The van der Waals surface area contributed by atoms with Gasteiger partial charge in [0.15, 0.2) is 6.61 Å². The van der Waals surface area contributed by atoms with E-state index in [1.54, 1.807) is 18.2 Å². The number of nitro benzene ring substituents is 1. The number of anilines is 1. The third-order valence-corrected chi connectivity index (χ3v) is 3.34. The second kappa shape index (κ2) is 7.06. The Labute approximate surface area is 136 Å². The lowest BCUT2D eigenvalue weighted by molar-refractivity contribution is -0.385. The molecule has 0 aromatic heterocycles. The minimum Gasteiger partial charge on any atom is -0.477 e. The Bertz CT molecular complexity index is 767. The van der Waals surface area contributed by atoms with E-state index < -0.39 is 28.9 Å². The van der Waals surface area contributed by atoms with Crippen molar-refractivity contribution in [2.75, 3.05) is 11.9 Å². The fourth-order valence-electron chi connectivity index (χ4n) is 1.77. The molecule has 0 aliphatic carbocycles. The second-order valence-electron chi connectivity index (χ2n) is 4.67. The molecule has 0 atom stereocenters. The monoisotopic (exact) mass is 338 g/mol. The van der Waals surface area contributed by atoms with Gasteiger partial charge in [0.2, 0.25) is 5.75 Å². The van der Waals surface area contributed by atoms with Gasteiger partial charge in [-0.25, -0.2) is 4.39 Å². The van der Waals surface area contributed by atoms with Crippen molar-refractivity contribution >= 4 is 28.9 Å². The summed E-state index contributed by atoms with van der Waals surface area (Å²) in [5.74, 6) is -1.56. The van der Waals surface area contributed by atoms with Gasteiger partial charge in [-0.1, -0.05) is 17.7 Å². The van der Waals surface area contributed by atoms with Gasteiger partial charge in [-0.05, 0) is 30.7 Å². The van der Waals surface area contributed by atoms with E-state index in [9.17, 15) is 19.3 Å². The van der Waals surface area contributed by atoms with Crippen molar-refractivity contribution in [1.29, 1.82) is 0 Å². The first-order chi connectivity index (χ1) is 10.9. The van der Waals surface area contributed by atoms with Crippen molar-refractivity contribution < 1.29 is 18.8 Å². The molecule has 2 aromatic rings. The van der Waals surface area contributed by atoms with Crippen LogP contribution in [0.25, 0.3) is 0 Å². The maximum Gasteiger partial charge on any atom is 0.311 e. The first-order valence-electron chi connectivity index (χ1n) is 6.49. The molecule has 0 fully saturated rings. The van der Waals surface area contributed by atoms with Crippen LogP contribution in [0, 0.1) is 22.9 Å². The van der Waals surface area contributed by atoms with Crippen LogP contribution in [0.3, 0.4) is 0 Å². The maximum atomic E-state index is 13.1. The molecule has 2 rings (SSSR count). The number of aryl methyl sites for hydroxylation is 1. The van der Waals surface area contributed by atoms with E-state index in [-0.39, 0.29) is 5.75 Å². The quantitative estimate of drug-likeness (QED) is 0.665. The van der Waals surface area contributed by atoms with E-state index in [0.29, 0.717) is 10.7 Å². The summed E-state index contributed by atoms with van der Waals surface area (Å²) >= 11 is 5.94. The van der Waals surface area contributed by atoms with Crippen LogP contribution in [0.2, 0.25) is 5.02 Å². The average Bonchev–Trinajstić information content (AvgIpc) is 2.48. The van der Waals surface area contributed by atoms with Crippen LogP contribution >= 0.6 is 11.6 Å². The van der Waals surface area contributed by atoms with Crippen LogP contribution in [-0.2, 0) is 4.79 Å². The normalized spacial score (nSPS) is 10.2. The molecule has 8 heteroatoms. The second-order valence-corrected chi connectivity index (χ2v) is 5.08. The smallest absolute Gasteiger partial charge is 0.311 e. The maximum absolute atomic E-state index is 13.1. The fraction of sp³-hybridized carbons (Fsp3) is 0.133. The lowest BCUT2D eigenvalue weighted by Crippen LogP contribution is -2.20. The number of ether oxygens (including phenoxy) is 1. The number of nitrogens with zero attached hydrogens (tertiary/aromatic N) is 1. The van der Waals surface area contributed by atoms with Gasteiger partial charge in [0.1, 0.15) is 5.82 Å². The molecular weight excluding hydrogens is 327 g/mol. The molecular formula is C15H12ClFN2O4. The Balaban J connectivity index is 2.03. The molecule has 0 aliphatic heterocycles. The van der Waals surface area contributed by atoms with Crippen LogP contribution in [-0.4, -0.2) is 17.4 Å². The number of rotatable bonds is 5. The number of carbonyl (C=O) groups is 1. The molecule has 0 saturated heterocycles. The number of amides is 1. The van der Waals surface area contributed by atoms with Crippen LogP contribution in [0.5, 0.6) is 5.75 Å². The fourth-order valence-corrected chi connectivity index (χ4v) is 1.95. The largest absolute Gasteiger partial charge is 0.477 e. The molecule has 23 heavy (non-hydrogen) atoms. The highest BCUT2D eigenvalue weighted by Gasteiger charge is 2.17. The van der Waals surface area contributed by atoms with Gasteiger partial charge in [0.25, 0.3) is 5.91 Å². The molecule has 0 aliphatic rings. The summed E-state index contributed by atoms with van der Waals surface area (Å²) in [6.45, 7) is 1.32. The highest BCUT2D eigenvalue weighted by Crippen LogP contribution is 2.27. The summed E-state index contributed by atoms with van der Waals surface area (Å²) < 4.78 is 18.2. The number of nitrogens with one attached hydrogen (secondary N) is 1. The van der Waals surface area contributed by atoms with Crippen LogP contribution in [0.4, 0.5) is 15.8 Å². The molecule has 1 amide bonds. The van der Waals surface area contributed by atoms with Crippen LogP contribution in [0.15, 0.2) is 36.4 Å². The molecule has 0 spiro atoms. The summed E-state index contributed by atoms with van der Waals surface area (Å²) in [5.41, 5.74) is 0.900. The van der Waals surface area contributed by atoms with Crippen molar-refractivity contribution in [2.24, 2.45) is 0 Å². The van der Waals surface area contributed by atoms with Gasteiger partial charge in [-0.3, -0.25) is 14.9 Å². The van der Waals surface area contributed by atoms with Gasteiger partial charge < -0.3 is 10.1 Å². The van der Waals surface area contributed by atoms with Crippen LogP contribution < -0.4 is 10.1 Å². The zero-order chi connectivity index (χ0) is 17.0. The highest BCUT2D eigenvalue weighted by molar-refractivity contribution is 6.31. The number of benzene rings is 2. The topological polar surface area (TPSA) is 81.5 Å².